The Labute approximate surface area is 112 Å². The highest BCUT2D eigenvalue weighted by atomic mass is 32.2. The maximum Gasteiger partial charge on any atom is 0.324 e. The van der Waals surface area contributed by atoms with Gasteiger partial charge in [0.15, 0.2) is 0 Å². The smallest absolute Gasteiger partial charge is 0.324 e. The predicted molar refractivity (Wildman–Crippen MR) is 71.7 cm³/mol. The Balaban J connectivity index is 3.14. The van der Waals surface area contributed by atoms with Crippen LogP contribution >= 0.6 is 0 Å². The molecule has 0 saturated heterocycles. The lowest BCUT2D eigenvalue weighted by molar-refractivity contribution is -0.135. The molecule has 1 rings (SSSR count). The molecule has 2 N–H and O–H groups in total. The molecule has 0 fully saturated rings. The Bertz CT molecular complexity index is 536. The van der Waals surface area contributed by atoms with E-state index in [9.17, 15) is 18.3 Å². The summed E-state index contributed by atoms with van der Waals surface area (Å²) >= 11 is 0. The minimum atomic E-state index is -3.71. The molecule has 0 atom stereocenters. The minimum Gasteiger partial charge on any atom is -0.508 e. The van der Waals surface area contributed by atoms with Crippen molar-refractivity contribution in [2.24, 2.45) is 5.92 Å². The van der Waals surface area contributed by atoms with Gasteiger partial charge in [-0.3, -0.25) is 9.10 Å². The predicted octanol–water partition coefficient (Wildman–Crippen LogP) is 1.27. The van der Waals surface area contributed by atoms with Crippen LogP contribution in [0.3, 0.4) is 0 Å². The highest BCUT2D eigenvalue weighted by Gasteiger charge is 2.25. The summed E-state index contributed by atoms with van der Waals surface area (Å²) in [4.78, 5) is 10.8. The van der Waals surface area contributed by atoms with E-state index in [1.54, 1.807) is 13.8 Å². The molecule has 0 amide bonds. The molecule has 106 valence electrons. The number of phenolic OH excluding ortho intramolecular Hbond substituents is 1. The van der Waals surface area contributed by atoms with E-state index in [0.717, 1.165) is 4.31 Å². The second kappa shape index (κ2) is 5.92. The second-order valence-corrected chi connectivity index (χ2v) is 6.53. The fraction of sp³-hybridized carbons (Fsp3) is 0.417. The highest BCUT2D eigenvalue weighted by Crippen LogP contribution is 2.22. The van der Waals surface area contributed by atoms with Gasteiger partial charge >= 0.3 is 5.97 Å². The number of benzene rings is 1. The van der Waals surface area contributed by atoms with Crippen LogP contribution in [0.15, 0.2) is 24.3 Å². The molecule has 0 bridgehead atoms. The summed E-state index contributed by atoms with van der Waals surface area (Å²) in [6.45, 7) is 2.85. The lowest BCUT2D eigenvalue weighted by Crippen LogP contribution is -2.38. The molecule has 7 heteroatoms. The molecule has 6 nitrogen and oxygen atoms in total. The molecule has 0 aliphatic heterocycles. The molecule has 0 unspecified atom stereocenters. The first-order valence-corrected chi connectivity index (χ1v) is 7.34. The van der Waals surface area contributed by atoms with E-state index in [2.05, 4.69) is 0 Å². The fourth-order valence-electron chi connectivity index (χ4n) is 1.60. The van der Waals surface area contributed by atoms with Crippen LogP contribution in [0.2, 0.25) is 0 Å². The van der Waals surface area contributed by atoms with Crippen LogP contribution in [0.5, 0.6) is 5.75 Å². The summed E-state index contributed by atoms with van der Waals surface area (Å²) in [7, 11) is -3.71. The molecule has 19 heavy (non-hydrogen) atoms. The molecule has 1 aromatic carbocycles. The first kappa shape index (κ1) is 15.3. The molecule has 0 aromatic heterocycles. The third-order valence-electron chi connectivity index (χ3n) is 2.30. The largest absolute Gasteiger partial charge is 0.508 e. The lowest BCUT2D eigenvalue weighted by atomic mass is 10.3. The molecule has 0 spiro atoms. The monoisotopic (exact) mass is 287 g/mol. The van der Waals surface area contributed by atoms with Crippen LogP contribution in [-0.2, 0) is 14.8 Å². The molecule has 0 heterocycles. The summed E-state index contributed by atoms with van der Waals surface area (Å²) in [5.41, 5.74) is 0.223. The zero-order valence-corrected chi connectivity index (χ0v) is 11.6. The zero-order chi connectivity index (χ0) is 14.6. The van der Waals surface area contributed by atoms with Gasteiger partial charge in [-0.2, -0.15) is 0 Å². The van der Waals surface area contributed by atoms with Gasteiger partial charge in [-0.25, -0.2) is 8.42 Å². The number of phenols is 1. The average molecular weight is 287 g/mol. The first-order chi connectivity index (χ1) is 8.72. The van der Waals surface area contributed by atoms with E-state index >= 15 is 0 Å². The van der Waals surface area contributed by atoms with Crippen molar-refractivity contribution in [2.75, 3.05) is 16.6 Å². The van der Waals surface area contributed by atoms with Crippen molar-refractivity contribution < 1.29 is 23.4 Å². The van der Waals surface area contributed by atoms with E-state index in [1.165, 1.54) is 24.3 Å². The van der Waals surface area contributed by atoms with Crippen molar-refractivity contribution in [3.05, 3.63) is 24.3 Å². The van der Waals surface area contributed by atoms with E-state index in [-0.39, 0.29) is 23.1 Å². The topological polar surface area (TPSA) is 94.9 Å². The van der Waals surface area contributed by atoms with E-state index in [1.807, 2.05) is 0 Å². The SMILES string of the molecule is CC(C)CS(=O)(=O)N(CC(=O)O)c1ccc(O)cc1. The lowest BCUT2D eigenvalue weighted by Gasteiger charge is -2.23. The summed E-state index contributed by atoms with van der Waals surface area (Å²) in [6, 6.07) is 5.37. The van der Waals surface area contributed by atoms with Crippen LogP contribution in [0.4, 0.5) is 5.69 Å². The first-order valence-electron chi connectivity index (χ1n) is 5.73. The number of carboxylic acids is 1. The van der Waals surface area contributed by atoms with Crippen LogP contribution in [0, 0.1) is 5.92 Å². The summed E-state index contributed by atoms with van der Waals surface area (Å²) in [5.74, 6) is -1.50. The van der Waals surface area contributed by atoms with Crippen LogP contribution in [-0.4, -0.2) is 36.9 Å². The fourth-order valence-corrected chi connectivity index (χ4v) is 3.38. The molecule has 0 radical (unpaired) electrons. The van der Waals surface area contributed by atoms with Gasteiger partial charge in [0.2, 0.25) is 10.0 Å². The van der Waals surface area contributed by atoms with Crippen molar-refractivity contribution in [3.8, 4) is 5.75 Å². The van der Waals surface area contributed by atoms with E-state index in [4.69, 9.17) is 5.11 Å². The van der Waals surface area contributed by atoms with Gasteiger partial charge in [-0.05, 0) is 30.2 Å². The maximum atomic E-state index is 12.2. The minimum absolute atomic E-state index is 0.0136. The van der Waals surface area contributed by atoms with Gasteiger partial charge in [0, 0.05) is 0 Å². The van der Waals surface area contributed by atoms with Crippen LogP contribution < -0.4 is 4.31 Å². The Morgan fingerprint density at radius 1 is 1.26 bits per heavy atom. The van der Waals surface area contributed by atoms with Crippen molar-refractivity contribution in [1.82, 2.24) is 0 Å². The molecular weight excluding hydrogens is 270 g/mol. The van der Waals surface area contributed by atoms with Crippen molar-refractivity contribution in [2.45, 2.75) is 13.8 Å². The normalized spacial score (nSPS) is 11.5. The van der Waals surface area contributed by atoms with Crippen molar-refractivity contribution in [3.63, 3.8) is 0 Å². The van der Waals surface area contributed by atoms with Gasteiger partial charge < -0.3 is 10.2 Å². The molecule has 0 aliphatic rings. The quantitative estimate of drug-likeness (QED) is 0.821. The summed E-state index contributed by atoms with van der Waals surface area (Å²) < 4.78 is 25.2. The third-order valence-corrected chi connectivity index (χ3v) is 4.40. The maximum absolute atomic E-state index is 12.2. The number of rotatable bonds is 6. The molecular formula is C12H17NO5S. The Morgan fingerprint density at radius 2 is 1.79 bits per heavy atom. The van der Waals surface area contributed by atoms with Crippen molar-refractivity contribution in [1.29, 1.82) is 0 Å². The highest BCUT2D eigenvalue weighted by molar-refractivity contribution is 7.92. The number of hydrogen-bond donors (Lipinski definition) is 2. The van der Waals surface area contributed by atoms with Gasteiger partial charge in [0.25, 0.3) is 0 Å². The number of nitrogens with zero attached hydrogens (tertiary/aromatic N) is 1. The van der Waals surface area contributed by atoms with Crippen LogP contribution in [0.25, 0.3) is 0 Å². The number of carbonyl (C=O) groups is 1. The van der Waals surface area contributed by atoms with E-state index in [0.29, 0.717) is 0 Å². The van der Waals surface area contributed by atoms with Gasteiger partial charge in [-0.15, -0.1) is 0 Å². The number of aliphatic carboxylic acids is 1. The molecule has 1 aromatic rings. The zero-order valence-electron chi connectivity index (χ0n) is 10.8. The van der Waals surface area contributed by atoms with Crippen LogP contribution in [0.1, 0.15) is 13.8 Å². The Hall–Kier alpha value is -1.76. The van der Waals surface area contributed by atoms with Crippen molar-refractivity contribution >= 4 is 21.7 Å². The Morgan fingerprint density at radius 3 is 2.21 bits per heavy atom. The summed E-state index contributed by atoms with van der Waals surface area (Å²) in [6.07, 6.45) is 0. The number of anilines is 1. The van der Waals surface area contributed by atoms with Gasteiger partial charge in [0.05, 0.1) is 11.4 Å². The molecule has 0 aliphatic carbocycles. The third kappa shape index (κ3) is 4.44. The number of aromatic hydroxyl groups is 1. The van der Waals surface area contributed by atoms with E-state index < -0.39 is 22.5 Å². The number of sulfonamides is 1. The Kier molecular flexibility index (Phi) is 4.77. The molecule has 0 saturated carbocycles. The standard InChI is InChI=1S/C12H17NO5S/c1-9(2)8-19(17,18)13(7-12(15)16)10-3-5-11(14)6-4-10/h3-6,9,14H,7-8H2,1-2H3,(H,15,16). The van der Waals surface area contributed by atoms with Gasteiger partial charge in [-0.1, -0.05) is 13.8 Å². The average Bonchev–Trinajstić information content (AvgIpc) is 2.25. The number of carboxylic acid groups (broad SMARTS) is 1. The second-order valence-electron chi connectivity index (χ2n) is 4.59. The number of hydrogen-bond acceptors (Lipinski definition) is 4. The summed E-state index contributed by atoms with van der Waals surface area (Å²) in [5, 5.41) is 18.0. The van der Waals surface area contributed by atoms with Gasteiger partial charge in [0.1, 0.15) is 12.3 Å².